The SMILES string of the molecule is CC(C)c1ccc(NCc2ccc([N+](=O)[O-])cc2Br)cc1. The minimum Gasteiger partial charge on any atom is -0.381 e. The molecule has 2 aromatic rings. The lowest BCUT2D eigenvalue weighted by Crippen LogP contribution is -2.01. The number of nitro groups is 1. The Morgan fingerprint density at radius 2 is 1.86 bits per heavy atom. The Labute approximate surface area is 132 Å². The predicted molar refractivity (Wildman–Crippen MR) is 88.7 cm³/mol. The normalized spacial score (nSPS) is 10.7. The molecule has 0 aliphatic rings. The molecule has 0 aliphatic carbocycles. The molecule has 0 unspecified atom stereocenters. The Balaban J connectivity index is 2.04. The van der Waals surface area contributed by atoms with Crippen LogP contribution in [0.15, 0.2) is 46.9 Å². The summed E-state index contributed by atoms with van der Waals surface area (Å²) in [5.74, 6) is 0.517. The monoisotopic (exact) mass is 348 g/mol. The second-order valence-corrected chi connectivity index (χ2v) is 6.02. The fourth-order valence-electron chi connectivity index (χ4n) is 1.98. The Hall–Kier alpha value is -1.88. The Morgan fingerprint density at radius 1 is 1.19 bits per heavy atom. The number of rotatable bonds is 5. The number of nitrogens with one attached hydrogen (secondary N) is 1. The van der Waals surface area contributed by atoms with Crippen LogP contribution in [0.3, 0.4) is 0 Å². The summed E-state index contributed by atoms with van der Waals surface area (Å²) in [7, 11) is 0. The van der Waals surface area contributed by atoms with Crippen LogP contribution in [0.5, 0.6) is 0 Å². The first kappa shape index (κ1) is 15.5. The number of non-ortho nitro benzene ring substituents is 1. The van der Waals surface area contributed by atoms with Crippen molar-refractivity contribution in [2.45, 2.75) is 26.3 Å². The van der Waals surface area contributed by atoms with E-state index in [1.807, 2.05) is 0 Å². The van der Waals surface area contributed by atoms with Crippen molar-refractivity contribution in [3.05, 3.63) is 68.2 Å². The highest BCUT2D eigenvalue weighted by Crippen LogP contribution is 2.24. The molecule has 0 amide bonds. The van der Waals surface area contributed by atoms with Gasteiger partial charge in [-0.1, -0.05) is 41.9 Å². The molecule has 0 radical (unpaired) electrons. The van der Waals surface area contributed by atoms with Gasteiger partial charge in [-0.2, -0.15) is 0 Å². The minimum absolute atomic E-state index is 0.0897. The van der Waals surface area contributed by atoms with E-state index in [9.17, 15) is 10.1 Å². The van der Waals surface area contributed by atoms with Crippen LogP contribution in [0.4, 0.5) is 11.4 Å². The predicted octanol–water partition coefficient (Wildman–Crippen LogP) is 5.09. The van der Waals surface area contributed by atoms with Crippen LogP contribution in [0.2, 0.25) is 0 Å². The number of hydrogen-bond acceptors (Lipinski definition) is 3. The second-order valence-electron chi connectivity index (χ2n) is 5.16. The summed E-state index contributed by atoms with van der Waals surface area (Å²) in [4.78, 5) is 10.3. The average molecular weight is 349 g/mol. The van der Waals surface area contributed by atoms with Crippen LogP contribution in [0, 0.1) is 10.1 Å². The van der Waals surface area contributed by atoms with Crippen molar-refractivity contribution in [3.63, 3.8) is 0 Å². The van der Waals surface area contributed by atoms with E-state index in [0.717, 1.165) is 15.7 Å². The number of benzene rings is 2. The molecule has 2 rings (SSSR count). The highest BCUT2D eigenvalue weighted by Gasteiger charge is 2.08. The molecule has 0 atom stereocenters. The molecule has 0 saturated heterocycles. The first-order valence-corrected chi connectivity index (χ1v) is 7.53. The molecule has 0 aliphatic heterocycles. The van der Waals surface area contributed by atoms with E-state index >= 15 is 0 Å². The molecule has 0 fully saturated rings. The number of halogens is 1. The van der Waals surface area contributed by atoms with Gasteiger partial charge >= 0.3 is 0 Å². The van der Waals surface area contributed by atoms with Gasteiger partial charge in [0.1, 0.15) is 0 Å². The van der Waals surface area contributed by atoms with Crippen LogP contribution < -0.4 is 5.32 Å². The fraction of sp³-hybridized carbons (Fsp3) is 0.250. The lowest BCUT2D eigenvalue weighted by atomic mass is 10.0. The molecule has 0 saturated carbocycles. The van der Waals surface area contributed by atoms with Gasteiger partial charge in [0.2, 0.25) is 0 Å². The highest BCUT2D eigenvalue weighted by atomic mass is 79.9. The molecule has 0 aromatic heterocycles. The third-order valence-corrected chi connectivity index (χ3v) is 4.05. The summed E-state index contributed by atoms with van der Waals surface area (Å²) in [5, 5.41) is 14.0. The third kappa shape index (κ3) is 4.04. The van der Waals surface area contributed by atoms with E-state index in [0.29, 0.717) is 12.5 Å². The van der Waals surface area contributed by atoms with Gasteiger partial charge in [-0.25, -0.2) is 0 Å². The molecule has 2 aromatic carbocycles. The van der Waals surface area contributed by atoms with Crippen molar-refractivity contribution in [3.8, 4) is 0 Å². The zero-order valence-electron chi connectivity index (χ0n) is 12.0. The zero-order chi connectivity index (χ0) is 15.4. The molecule has 4 nitrogen and oxygen atoms in total. The van der Waals surface area contributed by atoms with Crippen molar-refractivity contribution in [2.24, 2.45) is 0 Å². The molecule has 0 spiro atoms. The third-order valence-electron chi connectivity index (χ3n) is 3.31. The van der Waals surface area contributed by atoms with Gasteiger partial charge in [0.25, 0.3) is 5.69 Å². The number of nitrogens with zero attached hydrogens (tertiary/aromatic N) is 1. The smallest absolute Gasteiger partial charge is 0.270 e. The summed E-state index contributed by atoms with van der Waals surface area (Å²) in [5.41, 5.74) is 3.40. The molecule has 0 bridgehead atoms. The van der Waals surface area contributed by atoms with E-state index in [1.54, 1.807) is 6.07 Å². The van der Waals surface area contributed by atoms with Crippen molar-refractivity contribution >= 4 is 27.3 Å². The Kier molecular flexibility index (Phi) is 4.96. The Morgan fingerprint density at radius 3 is 2.38 bits per heavy atom. The van der Waals surface area contributed by atoms with Gasteiger partial charge in [0.05, 0.1) is 4.92 Å². The van der Waals surface area contributed by atoms with Gasteiger partial charge < -0.3 is 5.32 Å². The Bertz CT molecular complexity index is 639. The molecule has 5 heteroatoms. The summed E-state index contributed by atoms with van der Waals surface area (Å²) in [6.07, 6.45) is 0. The van der Waals surface area contributed by atoms with Crippen LogP contribution in [-0.4, -0.2) is 4.92 Å². The number of anilines is 1. The quantitative estimate of drug-likeness (QED) is 0.604. The average Bonchev–Trinajstić information content (AvgIpc) is 2.46. The molecular formula is C16H17BrN2O2. The summed E-state index contributed by atoms with van der Waals surface area (Å²) >= 11 is 3.38. The molecular weight excluding hydrogens is 332 g/mol. The topological polar surface area (TPSA) is 55.2 Å². The lowest BCUT2D eigenvalue weighted by molar-refractivity contribution is -0.384. The molecule has 0 heterocycles. The van der Waals surface area contributed by atoms with E-state index in [-0.39, 0.29) is 5.69 Å². The maximum absolute atomic E-state index is 10.7. The van der Waals surface area contributed by atoms with E-state index < -0.39 is 4.92 Å². The highest BCUT2D eigenvalue weighted by molar-refractivity contribution is 9.10. The zero-order valence-corrected chi connectivity index (χ0v) is 13.6. The second kappa shape index (κ2) is 6.72. The molecule has 110 valence electrons. The van der Waals surface area contributed by atoms with E-state index in [4.69, 9.17) is 0 Å². The first-order chi connectivity index (χ1) is 9.97. The molecule has 21 heavy (non-hydrogen) atoms. The summed E-state index contributed by atoms with van der Waals surface area (Å²) < 4.78 is 0.739. The van der Waals surface area contributed by atoms with Crippen LogP contribution in [-0.2, 0) is 6.54 Å². The van der Waals surface area contributed by atoms with Crippen LogP contribution >= 0.6 is 15.9 Å². The van der Waals surface area contributed by atoms with Gasteiger partial charge in [-0.3, -0.25) is 10.1 Å². The number of nitro benzene ring substituents is 1. The van der Waals surface area contributed by atoms with Crippen molar-refractivity contribution in [2.75, 3.05) is 5.32 Å². The standard InChI is InChI=1S/C16H17BrN2O2/c1-11(2)12-3-6-14(7-4-12)18-10-13-5-8-15(19(20)21)9-16(13)17/h3-9,11,18H,10H2,1-2H3. The lowest BCUT2D eigenvalue weighted by Gasteiger charge is -2.10. The first-order valence-electron chi connectivity index (χ1n) is 6.74. The van der Waals surface area contributed by atoms with E-state index in [2.05, 4.69) is 59.4 Å². The van der Waals surface area contributed by atoms with Gasteiger partial charge in [0, 0.05) is 28.8 Å². The van der Waals surface area contributed by atoms with Gasteiger partial charge in [0.15, 0.2) is 0 Å². The number of hydrogen-bond donors (Lipinski definition) is 1. The summed E-state index contributed by atoms with van der Waals surface area (Å²) in [6.45, 7) is 4.94. The maximum Gasteiger partial charge on any atom is 0.270 e. The largest absolute Gasteiger partial charge is 0.381 e. The fourth-order valence-corrected chi connectivity index (χ4v) is 2.48. The maximum atomic E-state index is 10.7. The van der Waals surface area contributed by atoms with Crippen molar-refractivity contribution < 1.29 is 4.92 Å². The van der Waals surface area contributed by atoms with Crippen LogP contribution in [0.25, 0.3) is 0 Å². The van der Waals surface area contributed by atoms with E-state index in [1.165, 1.54) is 17.7 Å². The summed E-state index contributed by atoms with van der Waals surface area (Å²) in [6, 6.07) is 13.1. The molecule has 1 N–H and O–H groups in total. The van der Waals surface area contributed by atoms with Crippen molar-refractivity contribution in [1.82, 2.24) is 0 Å². The van der Waals surface area contributed by atoms with Gasteiger partial charge in [-0.05, 0) is 35.2 Å². The van der Waals surface area contributed by atoms with Gasteiger partial charge in [-0.15, -0.1) is 0 Å². The van der Waals surface area contributed by atoms with Crippen LogP contribution in [0.1, 0.15) is 30.9 Å². The van der Waals surface area contributed by atoms with Crippen molar-refractivity contribution in [1.29, 1.82) is 0 Å². The minimum atomic E-state index is -0.396.